The molecule has 0 radical (unpaired) electrons. The van der Waals surface area contributed by atoms with E-state index in [1.54, 1.807) is 0 Å². The zero-order chi connectivity index (χ0) is 13.0. The minimum atomic E-state index is 0.311. The molecule has 1 aromatic heterocycles. The van der Waals surface area contributed by atoms with E-state index in [-0.39, 0.29) is 0 Å². The van der Waals surface area contributed by atoms with Gasteiger partial charge in [0.15, 0.2) is 0 Å². The van der Waals surface area contributed by atoms with Gasteiger partial charge in [-0.2, -0.15) is 5.26 Å². The quantitative estimate of drug-likeness (QED) is 0.808. The van der Waals surface area contributed by atoms with E-state index in [9.17, 15) is 0 Å². The van der Waals surface area contributed by atoms with Crippen LogP contribution in [0.5, 0.6) is 0 Å². The van der Waals surface area contributed by atoms with Crippen LogP contribution >= 0.6 is 0 Å². The van der Waals surface area contributed by atoms with Crippen molar-refractivity contribution in [2.45, 2.75) is 32.0 Å². The van der Waals surface area contributed by atoms with Gasteiger partial charge in [-0.3, -0.25) is 9.88 Å². The zero-order valence-electron chi connectivity index (χ0n) is 11.1. The minimum absolute atomic E-state index is 0.311. The summed E-state index contributed by atoms with van der Waals surface area (Å²) in [6.45, 7) is 5.07. The molecule has 1 aliphatic rings. The third-order valence-electron chi connectivity index (χ3n) is 3.53. The topological polar surface area (TPSA) is 43.2 Å². The smallest absolute Gasteiger partial charge is 0.0638 e. The Kier molecular flexibility index (Phi) is 4.29. The number of piperazine rings is 1. The van der Waals surface area contributed by atoms with Crippen LogP contribution < -0.4 is 0 Å². The lowest BCUT2D eigenvalue weighted by molar-refractivity contribution is 0.0381. The molecule has 0 aromatic carbocycles. The predicted octanol–water partition coefficient (Wildman–Crippen LogP) is 1.50. The predicted molar refractivity (Wildman–Crippen MR) is 70.8 cm³/mol. The van der Waals surface area contributed by atoms with Crippen LogP contribution in [0.1, 0.15) is 19.0 Å². The number of likely N-dealkylation sites (N-methyl/N-ethyl adjacent to an activating group) is 1. The van der Waals surface area contributed by atoms with E-state index in [0.717, 1.165) is 25.3 Å². The number of rotatable bonds is 3. The van der Waals surface area contributed by atoms with Crippen LogP contribution in [0, 0.1) is 11.3 Å². The molecule has 2 unspecified atom stereocenters. The monoisotopic (exact) mass is 244 g/mol. The maximum atomic E-state index is 8.96. The fraction of sp³-hybridized carbons (Fsp3) is 0.571. The standard InChI is InChI=1S/C14H20N4/c1-12-9-17(2)11-14(6-7-15)18(12)10-13-5-3-4-8-16-13/h3-5,8,12,14H,6,9-11H2,1-2H3. The Balaban J connectivity index is 2.10. The summed E-state index contributed by atoms with van der Waals surface area (Å²) in [6, 6.07) is 9.08. The second-order valence-electron chi connectivity index (χ2n) is 5.08. The van der Waals surface area contributed by atoms with Crippen LogP contribution in [-0.4, -0.2) is 47.0 Å². The third-order valence-corrected chi connectivity index (χ3v) is 3.53. The molecule has 0 N–H and O–H groups in total. The molecule has 2 rings (SSSR count). The van der Waals surface area contributed by atoms with Crippen molar-refractivity contribution in [3.8, 4) is 6.07 Å². The molecule has 0 spiro atoms. The van der Waals surface area contributed by atoms with Crippen LogP contribution in [-0.2, 0) is 6.54 Å². The number of nitriles is 1. The fourth-order valence-electron chi connectivity index (χ4n) is 2.71. The first kappa shape index (κ1) is 13.0. The summed E-state index contributed by atoms with van der Waals surface area (Å²) in [5.41, 5.74) is 1.08. The highest BCUT2D eigenvalue weighted by Gasteiger charge is 2.30. The lowest BCUT2D eigenvalue weighted by atomic mass is 10.0. The van der Waals surface area contributed by atoms with Gasteiger partial charge >= 0.3 is 0 Å². The van der Waals surface area contributed by atoms with Crippen molar-refractivity contribution in [3.63, 3.8) is 0 Å². The largest absolute Gasteiger partial charge is 0.303 e. The van der Waals surface area contributed by atoms with Gasteiger partial charge in [0.25, 0.3) is 0 Å². The van der Waals surface area contributed by atoms with Gasteiger partial charge in [-0.25, -0.2) is 0 Å². The van der Waals surface area contributed by atoms with Crippen molar-refractivity contribution in [3.05, 3.63) is 30.1 Å². The Morgan fingerprint density at radius 2 is 2.28 bits per heavy atom. The molecule has 1 fully saturated rings. The highest BCUT2D eigenvalue weighted by Crippen LogP contribution is 2.19. The van der Waals surface area contributed by atoms with Gasteiger partial charge in [0.1, 0.15) is 0 Å². The lowest BCUT2D eigenvalue weighted by Crippen LogP contribution is -2.56. The van der Waals surface area contributed by atoms with Gasteiger partial charge in [-0.15, -0.1) is 0 Å². The summed E-state index contributed by atoms with van der Waals surface area (Å²) in [7, 11) is 2.12. The molecule has 1 aliphatic heterocycles. The molecule has 0 aliphatic carbocycles. The summed E-state index contributed by atoms with van der Waals surface area (Å²) in [5, 5.41) is 8.96. The second-order valence-corrected chi connectivity index (χ2v) is 5.08. The Hall–Kier alpha value is -1.44. The average Bonchev–Trinajstić information content (AvgIpc) is 2.35. The summed E-state index contributed by atoms with van der Waals surface area (Å²) in [6.07, 6.45) is 2.41. The van der Waals surface area contributed by atoms with Crippen molar-refractivity contribution >= 4 is 0 Å². The molecule has 0 amide bonds. The molecule has 18 heavy (non-hydrogen) atoms. The molecule has 1 saturated heterocycles. The first-order valence-electron chi connectivity index (χ1n) is 6.42. The number of hydrogen-bond acceptors (Lipinski definition) is 4. The third kappa shape index (κ3) is 3.06. The second kappa shape index (κ2) is 5.94. The Bertz CT molecular complexity index is 412. The van der Waals surface area contributed by atoms with E-state index in [1.165, 1.54) is 0 Å². The maximum Gasteiger partial charge on any atom is 0.0638 e. The fourth-order valence-corrected chi connectivity index (χ4v) is 2.71. The maximum absolute atomic E-state index is 8.96. The van der Waals surface area contributed by atoms with Gasteiger partial charge in [-0.05, 0) is 26.1 Å². The molecule has 4 nitrogen and oxygen atoms in total. The van der Waals surface area contributed by atoms with Gasteiger partial charge in [0.2, 0.25) is 0 Å². The van der Waals surface area contributed by atoms with E-state index in [1.807, 2.05) is 18.3 Å². The minimum Gasteiger partial charge on any atom is -0.303 e. The van der Waals surface area contributed by atoms with Crippen molar-refractivity contribution in [2.24, 2.45) is 0 Å². The van der Waals surface area contributed by atoms with E-state index in [0.29, 0.717) is 18.5 Å². The van der Waals surface area contributed by atoms with E-state index in [2.05, 4.69) is 40.9 Å². The van der Waals surface area contributed by atoms with Crippen LogP contribution in [0.15, 0.2) is 24.4 Å². The van der Waals surface area contributed by atoms with Crippen molar-refractivity contribution < 1.29 is 0 Å². The van der Waals surface area contributed by atoms with Gasteiger partial charge in [0, 0.05) is 37.9 Å². The van der Waals surface area contributed by atoms with E-state index >= 15 is 0 Å². The van der Waals surface area contributed by atoms with Crippen LogP contribution in [0.4, 0.5) is 0 Å². The highest BCUT2D eigenvalue weighted by molar-refractivity contribution is 5.05. The summed E-state index contributed by atoms with van der Waals surface area (Å²) in [4.78, 5) is 9.10. The van der Waals surface area contributed by atoms with Crippen LogP contribution in [0.2, 0.25) is 0 Å². The Morgan fingerprint density at radius 1 is 1.44 bits per heavy atom. The van der Waals surface area contributed by atoms with Crippen molar-refractivity contribution in [2.75, 3.05) is 20.1 Å². The normalized spacial score (nSPS) is 25.8. The Labute approximate surface area is 109 Å². The lowest BCUT2D eigenvalue weighted by Gasteiger charge is -2.43. The molecule has 96 valence electrons. The SMILES string of the molecule is CC1CN(C)CC(CC#N)N1Cc1ccccn1. The van der Waals surface area contributed by atoms with Gasteiger partial charge < -0.3 is 4.90 Å². The molecule has 1 aromatic rings. The van der Waals surface area contributed by atoms with Crippen molar-refractivity contribution in [1.29, 1.82) is 5.26 Å². The number of hydrogen-bond donors (Lipinski definition) is 0. The first-order valence-corrected chi connectivity index (χ1v) is 6.42. The highest BCUT2D eigenvalue weighted by atomic mass is 15.3. The van der Waals surface area contributed by atoms with E-state index in [4.69, 9.17) is 5.26 Å². The first-order chi connectivity index (χ1) is 8.70. The van der Waals surface area contributed by atoms with E-state index < -0.39 is 0 Å². The van der Waals surface area contributed by atoms with Crippen LogP contribution in [0.3, 0.4) is 0 Å². The van der Waals surface area contributed by atoms with Gasteiger partial charge in [0.05, 0.1) is 18.2 Å². The molecule has 2 heterocycles. The molecular formula is C14H20N4. The summed E-state index contributed by atoms with van der Waals surface area (Å²) in [5.74, 6) is 0. The molecule has 0 bridgehead atoms. The van der Waals surface area contributed by atoms with Crippen molar-refractivity contribution in [1.82, 2.24) is 14.8 Å². The number of pyridine rings is 1. The number of nitrogens with zero attached hydrogens (tertiary/aromatic N) is 4. The summed E-state index contributed by atoms with van der Waals surface area (Å²) < 4.78 is 0. The zero-order valence-corrected chi connectivity index (χ0v) is 11.1. The molecular weight excluding hydrogens is 224 g/mol. The average molecular weight is 244 g/mol. The van der Waals surface area contributed by atoms with Crippen LogP contribution in [0.25, 0.3) is 0 Å². The summed E-state index contributed by atoms with van der Waals surface area (Å²) >= 11 is 0. The molecule has 4 heteroatoms. The Morgan fingerprint density at radius 3 is 2.94 bits per heavy atom. The molecule has 0 saturated carbocycles. The molecule has 2 atom stereocenters. The number of aromatic nitrogens is 1. The van der Waals surface area contributed by atoms with Gasteiger partial charge in [-0.1, -0.05) is 6.07 Å².